The van der Waals surface area contributed by atoms with E-state index in [1.165, 1.54) is 5.57 Å². The third-order valence-corrected chi connectivity index (χ3v) is 7.60. The molecule has 3 rings (SSSR count). The van der Waals surface area contributed by atoms with Crippen LogP contribution in [0.2, 0.25) is 0 Å². The number of aliphatic hydroxyl groups excluding tert-OH is 2. The Hall–Kier alpha value is -0.380. The molecule has 0 radical (unpaired) electrons. The molecule has 0 amide bonds. The maximum atomic E-state index is 11.0. The Kier molecular flexibility index (Phi) is 4.02. The molecule has 0 spiro atoms. The first-order chi connectivity index (χ1) is 10.6. The summed E-state index contributed by atoms with van der Waals surface area (Å²) >= 11 is 0. The number of hydrogen-bond donors (Lipinski definition) is 2. The molecule has 7 unspecified atom stereocenters. The molecule has 1 aliphatic heterocycles. The fraction of sp³-hybridized carbons (Fsp3) is 0.900. The van der Waals surface area contributed by atoms with Crippen molar-refractivity contribution in [1.82, 2.24) is 0 Å². The van der Waals surface area contributed by atoms with Gasteiger partial charge in [0.25, 0.3) is 0 Å². The summed E-state index contributed by atoms with van der Waals surface area (Å²) in [5, 5.41) is 22.0. The average molecular weight is 322 g/mol. The van der Waals surface area contributed by atoms with Gasteiger partial charge in [0.1, 0.15) is 0 Å². The highest BCUT2D eigenvalue weighted by molar-refractivity contribution is 5.19. The monoisotopic (exact) mass is 322 g/mol. The highest BCUT2D eigenvalue weighted by atomic mass is 16.5. The van der Waals surface area contributed by atoms with Crippen LogP contribution in [0, 0.1) is 22.7 Å². The number of allylic oxidation sites excluding steroid dienone is 1. The quantitative estimate of drug-likeness (QED) is 0.724. The zero-order valence-electron chi connectivity index (χ0n) is 15.6. The van der Waals surface area contributed by atoms with Crippen LogP contribution in [-0.2, 0) is 4.74 Å². The molecule has 1 heterocycles. The van der Waals surface area contributed by atoms with Gasteiger partial charge < -0.3 is 14.9 Å². The SMILES string of the molecule is CC=C(C)C1CC2C(C)(CC(O)C3C(C)(C)CCC(O)C32C)O1. The Morgan fingerprint density at radius 3 is 2.43 bits per heavy atom. The Bertz CT molecular complexity index is 511. The number of ether oxygens (including phenoxy) is 1. The van der Waals surface area contributed by atoms with Crippen LogP contribution in [0.4, 0.5) is 0 Å². The van der Waals surface area contributed by atoms with Crippen LogP contribution in [0.15, 0.2) is 11.6 Å². The summed E-state index contributed by atoms with van der Waals surface area (Å²) in [6, 6.07) is 0. The number of aliphatic hydroxyl groups is 2. The van der Waals surface area contributed by atoms with Crippen molar-refractivity contribution in [2.75, 3.05) is 0 Å². The summed E-state index contributed by atoms with van der Waals surface area (Å²) in [5.74, 6) is 0.419. The summed E-state index contributed by atoms with van der Waals surface area (Å²) in [7, 11) is 0. The molecule has 1 saturated heterocycles. The van der Waals surface area contributed by atoms with Crippen LogP contribution in [0.25, 0.3) is 0 Å². The molecule has 23 heavy (non-hydrogen) atoms. The van der Waals surface area contributed by atoms with E-state index < -0.39 is 6.10 Å². The first-order valence-electron chi connectivity index (χ1n) is 9.23. The van der Waals surface area contributed by atoms with Crippen molar-refractivity contribution in [3.63, 3.8) is 0 Å². The normalized spacial score (nSPS) is 52.9. The third-order valence-electron chi connectivity index (χ3n) is 7.60. The van der Waals surface area contributed by atoms with E-state index in [0.717, 1.165) is 19.3 Å². The minimum atomic E-state index is -0.407. The highest BCUT2D eigenvalue weighted by Gasteiger charge is 2.67. The van der Waals surface area contributed by atoms with Crippen molar-refractivity contribution < 1.29 is 14.9 Å². The number of fused-ring (bicyclic) bond motifs is 3. The van der Waals surface area contributed by atoms with Gasteiger partial charge in [-0.25, -0.2) is 0 Å². The molecular weight excluding hydrogens is 288 g/mol. The van der Waals surface area contributed by atoms with Crippen LogP contribution in [0.1, 0.15) is 67.2 Å². The standard InChI is InChI=1S/C20H34O3/c1-7-12(2)14-10-15-19(5,23-14)11-13(21)17-18(3,4)9-8-16(22)20(15,17)6/h7,13-17,21-22H,8-11H2,1-6H3. The maximum absolute atomic E-state index is 11.0. The fourth-order valence-electron chi connectivity index (χ4n) is 6.43. The second-order valence-corrected chi connectivity index (χ2v) is 9.40. The maximum Gasteiger partial charge on any atom is 0.0793 e. The van der Waals surface area contributed by atoms with Gasteiger partial charge in [-0.1, -0.05) is 26.8 Å². The van der Waals surface area contributed by atoms with Crippen LogP contribution in [0.5, 0.6) is 0 Å². The van der Waals surface area contributed by atoms with Gasteiger partial charge in [0.05, 0.1) is 23.9 Å². The molecule has 3 heteroatoms. The number of rotatable bonds is 1. The molecule has 0 aromatic heterocycles. The van der Waals surface area contributed by atoms with Gasteiger partial charge >= 0.3 is 0 Å². The smallest absolute Gasteiger partial charge is 0.0793 e. The van der Waals surface area contributed by atoms with E-state index in [9.17, 15) is 10.2 Å². The first-order valence-corrected chi connectivity index (χ1v) is 9.23. The Morgan fingerprint density at radius 1 is 1.17 bits per heavy atom. The zero-order valence-corrected chi connectivity index (χ0v) is 15.6. The largest absolute Gasteiger partial charge is 0.393 e. The molecule has 0 aromatic carbocycles. The predicted molar refractivity (Wildman–Crippen MR) is 92.1 cm³/mol. The molecule has 132 valence electrons. The van der Waals surface area contributed by atoms with Gasteiger partial charge in [-0.05, 0) is 62.9 Å². The molecule has 2 aliphatic carbocycles. The van der Waals surface area contributed by atoms with E-state index in [0.29, 0.717) is 6.42 Å². The van der Waals surface area contributed by atoms with Gasteiger partial charge in [0.2, 0.25) is 0 Å². The number of hydrogen-bond acceptors (Lipinski definition) is 3. The van der Waals surface area contributed by atoms with Crippen molar-refractivity contribution in [2.24, 2.45) is 22.7 Å². The lowest BCUT2D eigenvalue weighted by atomic mass is 9.44. The van der Waals surface area contributed by atoms with E-state index in [1.54, 1.807) is 0 Å². The molecular formula is C20H34O3. The highest BCUT2D eigenvalue weighted by Crippen LogP contribution is 2.65. The minimum absolute atomic E-state index is 0.0580. The molecule has 2 N–H and O–H groups in total. The molecule has 0 aromatic rings. The van der Waals surface area contributed by atoms with Gasteiger partial charge in [0.15, 0.2) is 0 Å². The summed E-state index contributed by atoms with van der Waals surface area (Å²) in [5.41, 5.74) is 0.702. The van der Waals surface area contributed by atoms with Crippen molar-refractivity contribution in [3.8, 4) is 0 Å². The topological polar surface area (TPSA) is 49.7 Å². The fourth-order valence-corrected chi connectivity index (χ4v) is 6.43. The second kappa shape index (κ2) is 5.31. The zero-order chi connectivity index (χ0) is 17.2. The van der Waals surface area contributed by atoms with E-state index in [1.807, 2.05) is 0 Å². The Labute approximate surface area is 141 Å². The lowest BCUT2D eigenvalue weighted by molar-refractivity contribution is -0.235. The van der Waals surface area contributed by atoms with Crippen molar-refractivity contribution in [3.05, 3.63) is 11.6 Å². The molecule has 2 saturated carbocycles. The lowest BCUT2D eigenvalue weighted by Gasteiger charge is -2.63. The molecule has 3 nitrogen and oxygen atoms in total. The first kappa shape index (κ1) is 17.4. The van der Waals surface area contributed by atoms with Gasteiger partial charge in [-0.15, -0.1) is 0 Å². The Morgan fingerprint density at radius 2 is 1.83 bits per heavy atom. The average Bonchev–Trinajstić information content (AvgIpc) is 2.80. The minimum Gasteiger partial charge on any atom is -0.393 e. The molecule has 3 fully saturated rings. The lowest BCUT2D eigenvalue weighted by Crippen LogP contribution is -2.65. The van der Waals surface area contributed by atoms with Crippen LogP contribution in [0.3, 0.4) is 0 Å². The molecule has 7 atom stereocenters. The predicted octanol–water partition coefficient (Wildman–Crippen LogP) is 3.68. The van der Waals surface area contributed by atoms with Crippen molar-refractivity contribution in [2.45, 2.75) is 91.1 Å². The van der Waals surface area contributed by atoms with E-state index in [-0.39, 0.29) is 40.5 Å². The van der Waals surface area contributed by atoms with Crippen LogP contribution >= 0.6 is 0 Å². The van der Waals surface area contributed by atoms with Gasteiger partial charge in [-0.2, -0.15) is 0 Å². The van der Waals surface area contributed by atoms with Crippen molar-refractivity contribution >= 4 is 0 Å². The van der Waals surface area contributed by atoms with E-state index >= 15 is 0 Å². The summed E-state index contributed by atoms with van der Waals surface area (Å²) < 4.78 is 6.47. The van der Waals surface area contributed by atoms with Crippen molar-refractivity contribution in [1.29, 1.82) is 0 Å². The second-order valence-electron chi connectivity index (χ2n) is 9.40. The summed E-state index contributed by atoms with van der Waals surface area (Å²) in [4.78, 5) is 0. The van der Waals surface area contributed by atoms with E-state index in [4.69, 9.17) is 4.74 Å². The van der Waals surface area contributed by atoms with Crippen LogP contribution < -0.4 is 0 Å². The van der Waals surface area contributed by atoms with Gasteiger partial charge in [-0.3, -0.25) is 0 Å². The van der Waals surface area contributed by atoms with Crippen LogP contribution in [-0.4, -0.2) is 34.1 Å². The summed E-state index contributed by atoms with van der Waals surface area (Å²) in [6.07, 6.45) is 4.93. The van der Waals surface area contributed by atoms with Gasteiger partial charge in [0, 0.05) is 11.8 Å². The summed E-state index contributed by atoms with van der Waals surface area (Å²) in [6.45, 7) is 13.1. The van der Waals surface area contributed by atoms with E-state index in [2.05, 4.69) is 47.6 Å². The third kappa shape index (κ3) is 2.34. The molecule has 0 bridgehead atoms. The Balaban J connectivity index is 2.05. The molecule has 3 aliphatic rings.